The molecule has 18 heavy (non-hydrogen) atoms. The first-order chi connectivity index (χ1) is 8.58. The lowest BCUT2D eigenvalue weighted by Gasteiger charge is -2.02. The third kappa shape index (κ3) is 1.34. The highest BCUT2D eigenvalue weighted by Gasteiger charge is 2.12. The van der Waals surface area contributed by atoms with Crippen LogP contribution in [0, 0.1) is 6.92 Å². The van der Waals surface area contributed by atoms with E-state index in [4.69, 9.17) is 9.52 Å². The molecule has 0 spiro atoms. The van der Waals surface area contributed by atoms with Gasteiger partial charge in [0.2, 0.25) is 0 Å². The van der Waals surface area contributed by atoms with E-state index in [2.05, 4.69) is 0 Å². The zero-order valence-electron chi connectivity index (χ0n) is 9.51. The van der Waals surface area contributed by atoms with Crippen LogP contribution in [0.25, 0.3) is 21.9 Å². The molecule has 1 N–H and O–H groups in total. The van der Waals surface area contributed by atoms with E-state index in [1.54, 1.807) is 18.2 Å². The number of hydrogen-bond donors (Lipinski definition) is 1. The van der Waals surface area contributed by atoms with E-state index in [1.807, 2.05) is 6.92 Å². The average Bonchev–Trinajstić information content (AvgIpc) is 2.72. The maximum atomic E-state index is 11.4. The van der Waals surface area contributed by atoms with Gasteiger partial charge in [-0.25, -0.2) is 9.59 Å². The van der Waals surface area contributed by atoms with Crippen LogP contribution in [0.15, 0.2) is 39.7 Å². The molecule has 0 aliphatic rings. The van der Waals surface area contributed by atoms with Crippen molar-refractivity contribution in [3.63, 3.8) is 0 Å². The normalized spacial score (nSPS) is 11.2. The Balaban J connectivity index is 2.54. The standard InChI is InChI=1S/C13H9NO4/c1-7-6-11(15)18-12-8(7)2-3-10-9(12)4-5-14(10)13(16)17/h2-6H,1H3,(H,16,17). The fourth-order valence-electron chi connectivity index (χ4n) is 2.16. The Kier molecular flexibility index (Phi) is 2.04. The molecule has 5 nitrogen and oxygen atoms in total. The summed E-state index contributed by atoms with van der Waals surface area (Å²) in [5.74, 6) is 0. The monoisotopic (exact) mass is 243 g/mol. The fourth-order valence-corrected chi connectivity index (χ4v) is 2.16. The van der Waals surface area contributed by atoms with Crippen molar-refractivity contribution < 1.29 is 14.3 Å². The molecule has 0 atom stereocenters. The second-order valence-corrected chi connectivity index (χ2v) is 4.09. The van der Waals surface area contributed by atoms with E-state index in [0.29, 0.717) is 16.5 Å². The summed E-state index contributed by atoms with van der Waals surface area (Å²) in [4.78, 5) is 22.4. The number of nitrogens with zero attached hydrogens (tertiary/aromatic N) is 1. The van der Waals surface area contributed by atoms with Gasteiger partial charge in [-0.05, 0) is 30.7 Å². The van der Waals surface area contributed by atoms with Gasteiger partial charge in [0.15, 0.2) is 0 Å². The predicted molar refractivity (Wildman–Crippen MR) is 66.1 cm³/mol. The third-order valence-electron chi connectivity index (χ3n) is 2.99. The molecule has 0 bridgehead atoms. The van der Waals surface area contributed by atoms with Crippen LogP contribution in [0.5, 0.6) is 0 Å². The smallest absolute Gasteiger partial charge is 0.416 e. The first kappa shape index (κ1) is 10.6. The van der Waals surface area contributed by atoms with Crippen LogP contribution in [-0.4, -0.2) is 15.8 Å². The average molecular weight is 243 g/mol. The topological polar surface area (TPSA) is 72.4 Å². The minimum Gasteiger partial charge on any atom is -0.464 e. The van der Waals surface area contributed by atoms with E-state index in [9.17, 15) is 9.59 Å². The number of carbonyl (C=O) groups is 1. The van der Waals surface area contributed by atoms with Crippen molar-refractivity contribution in [2.45, 2.75) is 6.92 Å². The molecular weight excluding hydrogens is 234 g/mol. The molecule has 0 aliphatic heterocycles. The summed E-state index contributed by atoms with van der Waals surface area (Å²) in [6.07, 6.45) is 0.369. The minimum absolute atomic E-state index is 0.428. The van der Waals surface area contributed by atoms with Crippen molar-refractivity contribution in [3.05, 3.63) is 46.4 Å². The number of aryl methyl sites for hydroxylation is 1. The first-order valence-electron chi connectivity index (χ1n) is 5.36. The Morgan fingerprint density at radius 3 is 2.78 bits per heavy atom. The Morgan fingerprint density at radius 2 is 2.06 bits per heavy atom. The lowest BCUT2D eigenvalue weighted by atomic mass is 10.1. The van der Waals surface area contributed by atoms with E-state index >= 15 is 0 Å². The molecule has 3 aromatic rings. The summed E-state index contributed by atoms with van der Waals surface area (Å²) >= 11 is 0. The van der Waals surface area contributed by atoms with Gasteiger partial charge >= 0.3 is 11.7 Å². The molecule has 0 saturated heterocycles. The van der Waals surface area contributed by atoms with Gasteiger partial charge in [0.05, 0.1) is 5.52 Å². The van der Waals surface area contributed by atoms with Crippen molar-refractivity contribution in [3.8, 4) is 0 Å². The van der Waals surface area contributed by atoms with Gasteiger partial charge in [-0.3, -0.25) is 4.57 Å². The second-order valence-electron chi connectivity index (χ2n) is 4.09. The Hall–Kier alpha value is -2.56. The van der Waals surface area contributed by atoms with Crippen molar-refractivity contribution in [1.82, 2.24) is 4.57 Å². The highest BCUT2D eigenvalue weighted by atomic mass is 16.4. The number of rotatable bonds is 0. The van der Waals surface area contributed by atoms with Crippen molar-refractivity contribution in [2.24, 2.45) is 0 Å². The summed E-state index contributed by atoms with van der Waals surface area (Å²) in [6, 6.07) is 6.52. The van der Waals surface area contributed by atoms with Crippen LogP contribution in [0.1, 0.15) is 5.56 Å². The zero-order chi connectivity index (χ0) is 12.9. The molecule has 0 radical (unpaired) electrons. The van der Waals surface area contributed by atoms with Gasteiger partial charge in [0.25, 0.3) is 0 Å². The summed E-state index contributed by atoms with van der Waals surface area (Å²) in [6.45, 7) is 1.82. The van der Waals surface area contributed by atoms with E-state index in [1.165, 1.54) is 12.3 Å². The molecule has 0 aliphatic carbocycles. The molecule has 0 unspecified atom stereocenters. The maximum Gasteiger partial charge on any atom is 0.416 e. The summed E-state index contributed by atoms with van der Waals surface area (Å²) in [7, 11) is 0. The number of hydrogen-bond acceptors (Lipinski definition) is 3. The molecule has 90 valence electrons. The Bertz CT molecular complexity index is 841. The van der Waals surface area contributed by atoms with E-state index < -0.39 is 11.7 Å². The largest absolute Gasteiger partial charge is 0.464 e. The highest BCUT2D eigenvalue weighted by molar-refractivity contribution is 6.06. The SMILES string of the molecule is Cc1cc(=O)oc2c1ccc1c2ccn1C(=O)O. The van der Waals surface area contributed by atoms with Gasteiger partial charge in [0.1, 0.15) is 5.58 Å². The van der Waals surface area contributed by atoms with Gasteiger partial charge in [-0.1, -0.05) is 0 Å². The minimum atomic E-state index is -1.07. The van der Waals surface area contributed by atoms with Gasteiger partial charge in [-0.15, -0.1) is 0 Å². The van der Waals surface area contributed by atoms with Gasteiger partial charge < -0.3 is 9.52 Å². The summed E-state index contributed by atoms with van der Waals surface area (Å²) < 4.78 is 6.28. The van der Waals surface area contributed by atoms with Crippen LogP contribution in [0.3, 0.4) is 0 Å². The highest BCUT2D eigenvalue weighted by Crippen LogP contribution is 2.26. The van der Waals surface area contributed by atoms with Crippen molar-refractivity contribution >= 4 is 28.0 Å². The number of aromatic nitrogens is 1. The van der Waals surface area contributed by atoms with Crippen molar-refractivity contribution in [1.29, 1.82) is 0 Å². The lowest BCUT2D eigenvalue weighted by molar-refractivity contribution is 0.197. The molecular formula is C13H9NO4. The number of fused-ring (bicyclic) bond motifs is 3. The molecule has 0 fully saturated rings. The van der Waals surface area contributed by atoms with E-state index in [-0.39, 0.29) is 0 Å². The van der Waals surface area contributed by atoms with Crippen LogP contribution < -0.4 is 5.63 Å². The third-order valence-corrected chi connectivity index (χ3v) is 2.99. The van der Waals surface area contributed by atoms with E-state index in [0.717, 1.165) is 15.5 Å². The van der Waals surface area contributed by atoms with Gasteiger partial charge in [-0.2, -0.15) is 0 Å². The lowest BCUT2D eigenvalue weighted by Crippen LogP contribution is -2.05. The molecule has 2 heterocycles. The number of carboxylic acid groups (broad SMARTS) is 1. The van der Waals surface area contributed by atoms with Crippen LogP contribution in [-0.2, 0) is 0 Å². The molecule has 2 aromatic heterocycles. The molecule has 0 amide bonds. The van der Waals surface area contributed by atoms with Gasteiger partial charge in [0, 0.05) is 23.0 Å². The molecule has 3 rings (SSSR count). The summed E-state index contributed by atoms with van der Waals surface area (Å²) in [5, 5.41) is 10.5. The maximum absolute atomic E-state index is 11.4. The molecule has 1 aromatic carbocycles. The molecule has 0 saturated carbocycles. The van der Waals surface area contributed by atoms with Crippen LogP contribution in [0.4, 0.5) is 4.79 Å². The van der Waals surface area contributed by atoms with Crippen LogP contribution >= 0.6 is 0 Å². The Morgan fingerprint density at radius 1 is 1.28 bits per heavy atom. The second kappa shape index (κ2) is 3.46. The first-order valence-corrected chi connectivity index (χ1v) is 5.36. The summed E-state index contributed by atoms with van der Waals surface area (Å²) in [5.41, 5.74) is 1.31. The zero-order valence-corrected chi connectivity index (χ0v) is 9.51. The molecule has 5 heteroatoms. The van der Waals surface area contributed by atoms with Crippen molar-refractivity contribution in [2.75, 3.05) is 0 Å². The number of benzene rings is 1. The van der Waals surface area contributed by atoms with Crippen LogP contribution in [0.2, 0.25) is 0 Å². The Labute approximate surface area is 101 Å². The fraction of sp³-hybridized carbons (Fsp3) is 0.0769. The quantitative estimate of drug-likeness (QED) is 0.616. The predicted octanol–water partition coefficient (Wildman–Crippen LogP) is 2.58.